The van der Waals surface area contributed by atoms with Gasteiger partial charge in [-0.05, 0) is 42.9 Å². The predicted molar refractivity (Wildman–Crippen MR) is 77.5 cm³/mol. The van der Waals surface area contributed by atoms with Crippen molar-refractivity contribution in [2.24, 2.45) is 11.7 Å². The lowest BCUT2D eigenvalue weighted by Gasteiger charge is -2.23. The quantitative estimate of drug-likeness (QED) is 0.901. The number of fused-ring (bicyclic) bond motifs is 2. The molecule has 0 amide bonds. The molecule has 0 saturated heterocycles. The van der Waals surface area contributed by atoms with Crippen molar-refractivity contribution in [3.63, 3.8) is 0 Å². The zero-order chi connectivity index (χ0) is 13.5. The van der Waals surface area contributed by atoms with Crippen molar-refractivity contribution in [1.82, 2.24) is 14.8 Å². The number of hydrogen-bond donors (Lipinski definition) is 1. The molecule has 1 aliphatic carbocycles. The maximum Gasteiger partial charge on any atom is 0.136 e. The molecule has 2 aliphatic rings. The van der Waals surface area contributed by atoms with Gasteiger partial charge in [-0.3, -0.25) is 0 Å². The van der Waals surface area contributed by atoms with E-state index in [0.717, 1.165) is 44.6 Å². The molecule has 1 aromatic heterocycles. The van der Waals surface area contributed by atoms with E-state index in [1.54, 1.807) is 0 Å². The first kappa shape index (κ1) is 12.1. The van der Waals surface area contributed by atoms with Crippen LogP contribution < -0.4 is 5.73 Å². The summed E-state index contributed by atoms with van der Waals surface area (Å²) in [7, 11) is 0. The first-order valence-electron chi connectivity index (χ1n) is 7.54. The van der Waals surface area contributed by atoms with Crippen LogP contribution in [0.2, 0.25) is 0 Å². The lowest BCUT2D eigenvalue weighted by Crippen LogP contribution is -2.26. The van der Waals surface area contributed by atoms with Crippen molar-refractivity contribution >= 4 is 0 Å². The Morgan fingerprint density at radius 2 is 1.85 bits per heavy atom. The van der Waals surface area contributed by atoms with E-state index in [9.17, 15) is 0 Å². The van der Waals surface area contributed by atoms with Crippen molar-refractivity contribution in [3.8, 4) is 0 Å². The van der Waals surface area contributed by atoms with Gasteiger partial charge in [-0.15, -0.1) is 10.2 Å². The average Bonchev–Trinajstić information content (AvgIpc) is 3.09. The number of benzene rings is 1. The highest BCUT2D eigenvalue weighted by atomic mass is 15.3. The van der Waals surface area contributed by atoms with Gasteiger partial charge in [0, 0.05) is 18.9 Å². The van der Waals surface area contributed by atoms with Crippen LogP contribution in [0.5, 0.6) is 0 Å². The molecular weight excluding hydrogens is 248 g/mol. The summed E-state index contributed by atoms with van der Waals surface area (Å²) < 4.78 is 2.35. The molecule has 1 unspecified atom stereocenters. The van der Waals surface area contributed by atoms with Gasteiger partial charge in [0.1, 0.15) is 11.6 Å². The van der Waals surface area contributed by atoms with E-state index in [2.05, 4.69) is 39.0 Å². The number of rotatable bonds is 2. The van der Waals surface area contributed by atoms with Crippen LogP contribution in [0.15, 0.2) is 24.3 Å². The summed E-state index contributed by atoms with van der Waals surface area (Å²) in [6.45, 7) is 1.80. The standard InChI is InChI=1S/C16H20N4/c17-10-11-5-6-20-15(7-11)18-19-16(20)14-8-12-3-1-2-4-13(12)9-14/h1-4,11,14H,5-10,17H2. The topological polar surface area (TPSA) is 56.7 Å². The molecule has 1 atom stereocenters. The zero-order valence-corrected chi connectivity index (χ0v) is 11.6. The van der Waals surface area contributed by atoms with Crippen LogP contribution in [0, 0.1) is 5.92 Å². The fraction of sp³-hybridized carbons (Fsp3) is 0.500. The Balaban J connectivity index is 1.61. The van der Waals surface area contributed by atoms with Crippen LogP contribution in [0.4, 0.5) is 0 Å². The minimum atomic E-state index is 0.503. The van der Waals surface area contributed by atoms with Crippen LogP contribution in [0.1, 0.15) is 35.1 Å². The van der Waals surface area contributed by atoms with Gasteiger partial charge in [0.15, 0.2) is 0 Å². The maximum atomic E-state index is 5.79. The smallest absolute Gasteiger partial charge is 0.136 e. The number of aromatic nitrogens is 3. The van der Waals surface area contributed by atoms with Gasteiger partial charge >= 0.3 is 0 Å². The third-order valence-electron chi connectivity index (χ3n) is 4.84. The first-order chi connectivity index (χ1) is 9.85. The zero-order valence-electron chi connectivity index (χ0n) is 11.6. The molecule has 4 nitrogen and oxygen atoms in total. The second kappa shape index (κ2) is 4.70. The minimum absolute atomic E-state index is 0.503. The van der Waals surface area contributed by atoms with Gasteiger partial charge in [0.2, 0.25) is 0 Å². The Bertz CT molecular complexity index is 606. The summed E-state index contributed by atoms with van der Waals surface area (Å²) in [5.41, 5.74) is 8.74. The summed E-state index contributed by atoms with van der Waals surface area (Å²) in [5.74, 6) is 3.41. The van der Waals surface area contributed by atoms with Gasteiger partial charge in [0.25, 0.3) is 0 Å². The average molecular weight is 268 g/mol. The Morgan fingerprint density at radius 1 is 1.10 bits per heavy atom. The van der Waals surface area contributed by atoms with E-state index in [1.807, 2.05) is 0 Å². The van der Waals surface area contributed by atoms with Crippen LogP contribution in [0.3, 0.4) is 0 Å². The first-order valence-corrected chi connectivity index (χ1v) is 7.54. The van der Waals surface area contributed by atoms with E-state index in [-0.39, 0.29) is 0 Å². The molecule has 2 heterocycles. The summed E-state index contributed by atoms with van der Waals surface area (Å²) in [6.07, 6.45) is 4.36. The summed E-state index contributed by atoms with van der Waals surface area (Å²) in [6, 6.07) is 8.75. The molecule has 104 valence electrons. The molecule has 1 aromatic carbocycles. The van der Waals surface area contributed by atoms with Crippen molar-refractivity contribution in [1.29, 1.82) is 0 Å². The Labute approximate surface area is 119 Å². The van der Waals surface area contributed by atoms with Gasteiger partial charge in [0.05, 0.1) is 0 Å². The van der Waals surface area contributed by atoms with Gasteiger partial charge in [-0.2, -0.15) is 0 Å². The summed E-state index contributed by atoms with van der Waals surface area (Å²) in [5, 5.41) is 8.92. The molecule has 2 N–H and O–H groups in total. The monoisotopic (exact) mass is 268 g/mol. The largest absolute Gasteiger partial charge is 0.330 e. The van der Waals surface area contributed by atoms with E-state index in [4.69, 9.17) is 5.73 Å². The van der Waals surface area contributed by atoms with E-state index >= 15 is 0 Å². The second-order valence-corrected chi connectivity index (χ2v) is 6.09. The normalized spacial score (nSPS) is 21.8. The van der Waals surface area contributed by atoms with E-state index in [0.29, 0.717) is 11.8 Å². The highest BCUT2D eigenvalue weighted by Crippen LogP contribution is 2.34. The van der Waals surface area contributed by atoms with E-state index in [1.165, 1.54) is 17.0 Å². The van der Waals surface area contributed by atoms with Crippen molar-refractivity contribution in [2.45, 2.75) is 38.1 Å². The molecule has 4 heteroatoms. The van der Waals surface area contributed by atoms with Crippen LogP contribution >= 0.6 is 0 Å². The Morgan fingerprint density at radius 3 is 2.55 bits per heavy atom. The molecule has 0 spiro atoms. The van der Waals surface area contributed by atoms with E-state index < -0.39 is 0 Å². The molecule has 0 bridgehead atoms. The summed E-state index contributed by atoms with van der Waals surface area (Å²) >= 11 is 0. The van der Waals surface area contributed by atoms with Crippen LogP contribution in [-0.4, -0.2) is 21.3 Å². The maximum absolute atomic E-state index is 5.79. The van der Waals surface area contributed by atoms with Gasteiger partial charge < -0.3 is 10.3 Å². The Hall–Kier alpha value is -1.68. The van der Waals surface area contributed by atoms with Gasteiger partial charge in [-0.1, -0.05) is 24.3 Å². The van der Waals surface area contributed by atoms with Crippen LogP contribution in [-0.2, 0) is 25.8 Å². The molecule has 20 heavy (non-hydrogen) atoms. The third-order valence-corrected chi connectivity index (χ3v) is 4.84. The van der Waals surface area contributed by atoms with Crippen LogP contribution in [0.25, 0.3) is 0 Å². The molecule has 0 fully saturated rings. The molecular formula is C16H20N4. The summed E-state index contributed by atoms with van der Waals surface area (Å²) in [4.78, 5) is 0. The van der Waals surface area contributed by atoms with Gasteiger partial charge in [-0.25, -0.2) is 0 Å². The molecule has 4 rings (SSSR count). The van der Waals surface area contributed by atoms with Crippen molar-refractivity contribution in [3.05, 3.63) is 47.0 Å². The number of hydrogen-bond acceptors (Lipinski definition) is 3. The molecule has 2 aromatic rings. The third kappa shape index (κ3) is 1.86. The Kier molecular flexibility index (Phi) is 2.84. The fourth-order valence-electron chi connectivity index (χ4n) is 3.66. The number of nitrogens with two attached hydrogens (primary N) is 1. The fourth-order valence-corrected chi connectivity index (χ4v) is 3.66. The molecule has 1 aliphatic heterocycles. The predicted octanol–water partition coefficient (Wildman–Crippen LogP) is 1.68. The highest BCUT2D eigenvalue weighted by molar-refractivity contribution is 5.35. The second-order valence-electron chi connectivity index (χ2n) is 6.09. The van der Waals surface area contributed by atoms with Crippen molar-refractivity contribution < 1.29 is 0 Å². The SMILES string of the molecule is NCC1CCn2c(nnc2C2Cc3ccccc3C2)C1. The highest BCUT2D eigenvalue weighted by Gasteiger charge is 2.30. The number of nitrogens with zero attached hydrogens (tertiary/aromatic N) is 3. The minimum Gasteiger partial charge on any atom is -0.330 e. The lowest BCUT2D eigenvalue weighted by atomic mass is 9.97. The molecule has 0 saturated carbocycles. The molecule has 0 radical (unpaired) electrons. The lowest BCUT2D eigenvalue weighted by molar-refractivity contribution is 0.379. The van der Waals surface area contributed by atoms with Crippen molar-refractivity contribution in [2.75, 3.05) is 6.54 Å².